The fourth-order valence-corrected chi connectivity index (χ4v) is 9.26. The first-order chi connectivity index (χ1) is 25.0. The number of anilines is 3. The zero-order valence-electron chi connectivity index (χ0n) is 28.0. The van der Waals surface area contributed by atoms with E-state index in [1.54, 1.807) is 0 Å². The maximum Gasteiger partial charge on any atom is 0.227 e. The maximum atomic E-state index is 6.59. The highest BCUT2D eigenvalue weighted by molar-refractivity contribution is 7.25. The van der Waals surface area contributed by atoms with E-state index in [9.17, 15) is 0 Å². The molecule has 0 bridgehead atoms. The summed E-state index contributed by atoms with van der Waals surface area (Å²) in [7, 11) is 0. The van der Waals surface area contributed by atoms with Gasteiger partial charge in [0.1, 0.15) is 16.7 Å². The molecule has 51 heavy (non-hydrogen) atoms. The average Bonchev–Trinajstić information content (AvgIpc) is 3.90. The van der Waals surface area contributed by atoms with Crippen LogP contribution in [0.1, 0.15) is 25.0 Å². The normalized spacial score (nSPS) is 13.5. The molecule has 5 heteroatoms. The number of oxazole rings is 1. The monoisotopic (exact) mass is 674 g/mol. The fraction of sp³-hybridized carbons (Fsp3) is 0.0652. The minimum Gasteiger partial charge on any atom is -0.456 e. The highest BCUT2D eigenvalue weighted by atomic mass is 32.1. The number of furan rings is 1. The van der Waals surface area contributed by atoms with Gasteiger partial charge in [-0.05, 0) is 89.0 Å². The number of aromatic nitrogens is 1. The van der Waals surface area contributed by atoms with Crippen molar-refractivity contribution >= 4 is 81.6 Å². The smallest absolute Gasteiger partial charge is 0.227 e. The molecule has 0 saturated heterocycles. The van der Waals surface area contributed by atoms with Crippen molar-refractivity contribution in [2.45, 2.75) is 19.3 Å². The molecule has 0 N–H and O–H groups in total. The molecule has 0 atom stereocenters. The van der Waals surface area contributed by atoms with Crippen LogP contribution in [0.15, 0.2) is 154 Å². The molecule has 0 spiro atoms. The van der Waals surface area contributed by atoms with E-state index >= 15 is 0 Å². The number of hydrogen-bond donors (Lipinski definition) is 0. The van der Waals surface area contributed by atoms with Crippen molar-refractivity contribution < 1.29 is 8.83 Å². The van der Waals surface area contributed by atoms with Gasteiger partial charge in [-0.15, -0.1) is 11.3 Å². The molecule has 0 fully saturated rings. The van der Waals surface area contributed by atoms with Gasteiger partial charge in [-0.3, -0.25) is 0 Å². The Balaban J connectivity index is 1.10. The number of nitrogens with zero attached hydrogens (tertiary/aromatic N) is 2. The molecular formula is C46H30N2O2S. The van der Waals surface area contributed by atoms with E-state index in [1.807, 2.05) is 47.7 Å². The van der Waals surface area contributed by atoms with Gasteiger partial charge < -0.3 is 13.7 Å². The van der Waals surface area contributed by atoms with E-state index in [4.69, 9.17) is 13.8 Å². The Hall–Kier alpha value is -6.17. The molecular weight excluding hydrogens is 645 g/mol. The highest BCUT2D eigenvalue weighted by Gasteiger charge is 2.35. The molecule has 7 aromatic carbocycles. The van der Waals surface area contributed by atoms with Crippen molar-refractivity contribution in [2.24, 2.45) is 0 Å². The van der Waals surface area contributed by atoms with Crippen LogP contribution < -0.4 is 4.90 Å². The van der Waals surface area contributed by atoms with Gasteiger partial charge in [0.05, 0.1) is 0 Å². The van der Waals surface area contributed by atoms with Gasteiger partial charge in [0, 0.05) is 71.1 Å². The lowest BCUT2D eigenvalue weighted by atomic mass is 9.82. The predicted molar refractivity (Wildman–Crippen MR) is 212 cm³/mol. The van der Waals surface area contributed by atoms with Crippen LogP contribution in [-0.2, 0) is 5.41 Å². The summed E-state index contributed by atoms with van der Waals surface area (Å²) in [6.45, 7) is 4.66. The van der Waals surface area contributed by atoms with E-state index in [1.165, 1.54) is 42.4 Å². The lowest BCUT2D eigenvalue weighted by molar-refractivity contribution is 0.617. The second-order valence-corrected chi connectivity index (χ2v) is 15.1. The Morgan fingerprint density at radius 2 is 1.22 bits per heavy atom. The number of thiophene rings is 1. The summed E-state index contributed by atoms with van der Waals surface area (Å²) in [6.07, 6.45) is 0. The Morgan fingerprint density at radius 3 is 2.14 bits per heavy atom. The van der Waals surface area contributed by atoms with Crippen molar-refractivity contribution in [3.63, 3.8) is 0 Å². The second-order valence-electron chi connectivity index (χ2n) is 14.0. The lowest BCUT2D eigenvalue weighted by Gasteiger charge is -2.27. The topological polar surface area (TPSA) is 42.4 Å². The molecule has 0 unspecified atom stereocenters. The van der Waals surface area contributed by atoms with E-state index < -0.39 is 0 Å². The Kier molecular flexibility index (Phi) is 5.85. The zero-order valence-corrected chi connectivity index (χ0v) is 28.8. The average molecular weight is 675 g/mol. The van der Waals surface area contributed by atoms with Crippen LogP contribution in [0.5, 0.6) is 0 Å². The van der Waals surface area contributed by atoms with Gasteiger partial charge in [-0.1, -0.05) is 80.6 Å². The molecule has 0 amide bonds. The van der Waals surface area contributed by atoms with Crippen molar-refractivity contribution in [3.05, 3.63) is 157 Å². The fourth-order valence-electron chi connectivity index (χ4n) is 8.18. The molecule has 10 aromatic rings. The van der Waals surface area contributed by atoms with E-state index in [-0.39, 0.29) is 5.41 Å². The summed E-state index contributed by atoms with van der Waals surface area (Å²) in [5.74, 6) is 0.608. The molecule has 0 radical (unpaired) electrons. The zero-order chi connectivity index (χ0) is 33.8. The number of benzene rings is 7. The van der Waals surface area contributed by atoms with Crippen LogP contribution in [0, 0.1) is 0 Å². The Labute approximate surface area is 297 Å². The van der Waals surface area contributed by atoms with Crippen molar-refractivity contribution in [2.75, 3.05) is 4.90 Å². The van der Waals surface area contributed by atoms with Crippen LogP contribution in [0.2, 0.25) is 0 Å². The quantitative estimate of drug-likeness (QED) is 0.186. The minimum atomic E-state index is -0.0626. The van der Waals surface area contributed by atoms with Gasteiger partial charge in [0.25, 0.3) is 0 Å². The van der Waals surface area contributed by atoms with Gasteiger partial charge in [-0.2, -0.15) is 0 Å². The molecule has 242 valence electrons. The van der Waals surface area contributed by atoms with Crippen LogP contribution >= 0.6 is 11.3 Å². The Morgan fingerprint density at radius 1 is 0.510 bits per heavy atom. The summed E-state index contributed by atoms with van der Waals surface area (Å²) >= 11 is 1.84. The van der Waals surface area contributed by atoms with E-state index in [0.717, 1.165) is 50.1 Å². The van der Waals surface area contributed by atoms with Crippen LogP contribution in [-0.4, -0.2) is 4.98 Å². The lowest BCUT2D eigenvalue weighted by Crippen LogP contribution is -2.15. The van der Waals surface area contributed by atoms with Gasteiger partial charge in [-0.25, -0.2) is 4.98 Å². The number of hydrogen-bond acceptors (Lipinski definition) is 5. The van der Waals surface area contributed by atoms with Gasteiger partial charge in [0.15, 0.2) is 5.58 Å². The van der Waals surface area contributed by atoms with Crippen LogP contribution in [0.4, 0.5) is 17.1 Å². The molecule has 1 aliphatic rings. The number of rotatable bonds is 4. The van der Waals surface area contributed by atoms with Crippen molar-refractivity contribution in [3.8, 4) is 22.6 Å². The molecule has 0 aliphatic heterocycles. The predicted octanol–water partition coefficient (Wildman–Crippen LogP) is 13.5. The molecule has 3 heterocycles. The first kappa shape index (κ1) is 28.6. The second kappa shape index (κ2) is 10.4. The highest BCUT2D eigenvalue weighted by Crippen LogP contribution is 2.51. The third kappa shape index (κ3) is 4.22. The SMILES string of the molecule is CC1(C)c2ccccc2-c2cc(N(c3ccc4c(c3)oc3cc5oc(-c6ccccc6)nc5cc34)c3ccc4sc5ccccc5c4c3)ccc21. The third-order valence-corrected chi connectivity index (χ3v) is 11.8. The maximum absolute atomic E-state index is 6.59. The summed E-state index contributed by atoms with van der Waals surface area (Å²) in [4.78, 5) is 7.19. The largest absolute Gasteiger partial charge is 0.456 e. The summed E-state index contributed by atoms with van der Waals surface area (Å²) < 4.78 is 15.4. The molecule has 1 aliphatic carbocycles. The van der Waals surface area contributed by atoms with Crippen LogP contribution in [0.25, 0.3) is 75.8 Å². The Bertz CT molecular complexity index is 3020. The minimum absolute atomic E-state index is 0.0626. The van der Waals surface area contributed by atoms with E-state index in [0.29, 0.717) is 11.5 Å². The first-order valence-corrected chi connectivity index (χ1v) is 18.1. The summed E-state index contributed by atoms with van der Waals surface area (Å²) in [5, 5.41) is 4.61. The van der Waals surface area contributed by atoms with Gasteiger partial charge in [0.2, 0.25) is 5.89 Å². The molecule has 11 rings (SSSR count). The first-order valence-electron chi connectivity index (χ1n) is 17.3. The molecule has 0 saturated carbocycles. The number of fused-ring (bicyclic) bond motifs is 10. The molecule has 3 aromatic heterocycles. The van der Waals surface area contributed by atoms with Gasteiger partial charge >= 0.3 is 0 Å². The molecule has 4 nitrogen and oxygen atoms in total. The standard InChI is InChI=1S/C46H30N2O2S/c1-46(2)37-14-8-6-12-31(37)34-22-28(17-20-38(34)46)48(29-18-21-44-36(23-29)33-13-7-9-15-43(33)51-44)30-16-19-32-35-25-39-42(26-41(35)49-40(32)24-30)50-45(47-39)27-10-4-3-5-11-27/h3-26H,1-2H3. The van der Waals surface area contributed by atoms with Crippen LogP contribution in [0.3, 0.4) is 0 Å². The van der Waals surface area contributed by atoms with Crippen molar-refractivity contribution in [1.29, 1.82) is 0 Å². The third-order valence-electron chi connectivity index (χ3n) is 10.7. The van der Waals surface area contributed by atoms with E-state index in [2.05, 4.69) is 128 Å². The summed E-state index contributed by atoms with van der Waals surface area (Å²) in [5.41, 5.74) is 12.5. The van der Waals surface area contributed by atoms with Crippen molar-refractivity contribution in [1.82, 2.24) is 4.98 Å². The summed E-state index contributed by atoms with van der Waals surface area (Å²) in [6, 6.07) is 51.9.